The first-order valence-electron chi connectivity index (χ1n) is 12.3. The van der Waals surface area contributed by atoms with E-state index >= 15 is 0 Å². The van der Waals surface area contributed by atoms with Crippen molar-refractivity contribution in [2.75, 3.05) is 33.4 Å². The van der Waals surface area contributed by atoms with Crippen molar-refractivity contribution in [3.63, 3.8) is 0 Å². The molecule has 190 valence electrons. The molecule has 7 nitrogen and oxygen atoms in total. The molecule has 1 heterocycles. The van der Waals surface area contributed by atoms with E-state index in [4.69, 9.17) is 19.3 Å². The summed E-state index contributed by atoms with van der Waals surface area (Å²) in [7, 11) is 1.69. The van der Waals surface area contributed by atoms with E-state index in [0.717, 1.165) is 29.1 Å². The first kappa shape index (κ1) is 26.9. The van der Waals surface area contributed by atoms with Gasteiger partial charge in [-0.15, -0.1) is 0 Å². The van der Waals surface area contributed by atoms with Gasteiger partial charge in [0.2, 0.25) is 5.88 Å². The first-order valence-corrected chi connectivity index (χ1v) is 12.3. The van der Waals surface area contributed by atoms with Crippen molar-refractivity contribution < 1.29 is 19.3 Å². The fraction of sp³-hybridized carbons (Fsp3) is 0.464. The van der Waals surface area contributed by atoms with Gasteiger partial charge in [0.15, 0.2) is 0 Å². The van der Waals surface area contributed by atoms with Gasteiger partial charge in [-0.2, -0.15) is 5.10 Å². The Hall–Kier alpha value is -2.71. The van der Waals surface area contributed by atoms with Gasteiger partial charge in [0.05, 0.1) is 42.4 Å². The Morgan fingerprint density at radius 2 is 1.77 bits per heavy atom. The molecule has 0 aliphatic rings. The Morgan fingerprint density at radius 1 is 1.06 bits per heavy atom. The van der Waals surface area contributed by atoms with Crippen LogP contribution in [0.15, 0.2) is 54.6 Å². The van der Waals surface area contributed by atoms with Crippen LogP contribution >= 0.6 is 0 Å². The highest BCUT2D eigenvalue weighted by atomic mass is 16.5. The van der Waals surface area contributed by atoms with Crippen LogP contribution in [0.3, 0.4) is 0 Å². The van der Waals surface area contributed by atoms with Gasteiger partial charge < -0.3 is 19.3 Å². The van der Waals surface area contributed by atoms with Gasteiger partial charge in [0.25, 0.3) is 0 Å². The second-order valence-corrected chi connectivity index (χ2v) is 9.01. The van der Waals surface area contributed by atoms with Crippen LogP contribution in [0, 0.1) is 6.92 Å². The Balaban J connectivity index is 1.96. The zero-order chi connectivity index (χ0) is 25.2. The molecule has 3 rings (SSSR count). The van der Waals surface area contributed by atoms with Gasteiger partial charge in [0, 0.05) is 26.7 Å². The largest absolute Gasteiger partial charge is 0.439 e. The van der Waals surface area contributed by atoms with Crippen LogP contribution in [0.4, 0.5) is 0 Å². The normalized spacial score (nSPS) is 12.5. The Kier molecular flexibility index (Phi) is 10.3. The van der Waals surface area contributed by atoms with Crippen molar-refractivity contribution in [2.24, 2.45) is 0 Å². The summed E-state index contributed by atoms with van der Waals surface area (Å²) in [5.41, 5.74) is 4.08. The number of aliphatic hydroxyl groups excluding tert-OH is 1. The molecular formula is C28H39N3O4. The molecule has 1 atom stereocenters. The van der Waals surface area contributed by atoms with E-state index in [1.165, 1.54) is 5.56 Å². The van der Waals surface area contributed by atoms with Gasteiger partial charge >= 0.3 is 0 Å². The highest BCUT2D eigenvalue weighted by molar-refractivity contribution is 5.44. The summed E-state index contributed by atoms with van der Waals surface area (Å²) in [6.45, 7) is 10.6. The third-order valence-electron chi connectivity index (χ3n) is 5.68. The third kappa shape index (κ3) is 7.90. The topological polar surface area (TPSA) is 69.0 Å². The molecule has 2 aromatic carbocycles. The minimum atomic E-state index is -0.607. The van der Waals surface area contributed by atoms with E-state index in [0.29, 0.717) is 32.1 Å². The molecule has 1 N–H and O–H groups in total. The van der Waals surface area contributed by atoms with Crippen molar-refractivity contribution in [3.05, 3.63) is 71.4 Å². The Labute approximate surface area is 209 Å². The molecule has 0 fully saturated rings. The maximum absolute atomic E-state index is 10.6. The summed E-state index contributed by atoms with van der Waals surface area (Å²) in [6.07, 6.45) is 0.226. The Morgan fingerprint density at radius 3 is 2.40 bits per heavy atom. The van der Waals surface area contributed by atoms with E-state index in [1.807, 2.05) is 73.1 Å². The third-order valence-corrected chi connectivity index (χ3v) is 5.68. The van der Waals surface area contributed by atoms with Gasteiger partial charge in [-0.1, -0.05) is 42.8 Å². The average molecular weight is 482 g/mol. The fourth-order valence-corrected chi connectivity index (χ4v) is 3.82. The van der Waals surface area contributed by atoms with Gasteiger partial charge in [0.1, 0.15) is 5.75 Å². The quantitative estimate of drug-likeness (QED) is 0.358. The summed E-state index contributed by atoms with van der Waals surface area (Å²) in [5, 5.41) is 15.6. The predicted octanol–water partition coefficient (Wildman–Crippen LogP) is 4.77. The van der Waals surface area contributed by atoms with Crippen molar-refractivity contribution in [1.29, 1.82) is 0 Å². The zero-order valence-electron chi connectivity index (χ0n) is 21.6. The van der Waals surface area contributed by atoms with Crippen LogP contribution in [-0.2, 0) is 22.4 Å². The zero-order valence-corrected chi connectivity index (χ0v) is 21.6. The number of aryl methyl sites for hydroxylation is 2. The van der Waals surface area contributed by atoms with Gasteiger partial charge in [-0.3, -0.25) is 4.90 Å². The number of aliphatic hydroxyl groups is 1. The summed E-state index contributed by atoms with van der Waals surface area (Å²) in [5.74, 6) is 1.44. The lowest BCUT2D eigenvalue weighted by Gasteiger charge is -2.25. The number of aromatic nitrogens is 2. The maximum atomic E-state index is 10.6. The number of rotatable bonds is 14. The second kappa shape index (κ2) is 13.4. The SMILES string of the molecule is CCc1nn(-c2ccccc2)c(Oc2ccc(C)cc2)c1CN(CCOC)C[C@H](O)COC(C)C. The molecule has 0 saturated heterocycles. The molecular weight excluding hydrogens is 442 g/mol. The molecule has 0 aliphatic heterocycles. The summed E-state index contributed by atoms with van der Waals surface area (Å²) in [4.78, 5) is 2.17. The highest BCUT2D eigenvalue weighted by Crippen LogP contribution is 2.32. The van der Waals surface area contributed by atoms with E-state index < -0.39 is 6.10 Å². The van der Waals surface area contributed by atoms with Crippen LogP contribution in [0.2, 0.25) is 0 Å². The monoisotopic (exact) mass is 481 g/mol. The van der Waals surface area contributed by atoms with E-state index in [-0.39, 0.29) is 12.7 Å². The van der Waals surface area contributed by atoms with Gasteiger partial charge in [-0.05, 0) is 51.5 Å². The van der Waals surface area contributed by atoms with Crippen LogP contribution in [0.5, 0.6) is 11.6 Å². The lowest BCUT2D eigenvalue weighted by atomic mass is 10.1. The number of nitrogens with zero attached hydrogens (tertiary/aromatic N) is 3. The number of hydrogen-bond acceptors (Lipinski definition) is 6. The van der Waals surface area contributed by atoms with Gasteiger partial charge in [-0.25, -0.2) is 4.68 Å². The maximum Gasteiger partial charge on any atom is 0.227 e. The van der Waals surface area contributed by atoms with Crippen LogP contribution in [0.25, 0.3) is 5.69 Å². The smallest absolute Gasteiger partial charge is 0.227 e. The molecule has 35 heavy (non-hydrogen) atoms. The standard InChI is InChI=1S/C28H39N3O4/c1-6-27-26(19-30(16-17-33-5)18-24(32)20-34-21(2)3)28(35-25-14-12-22(4)13-15-25)31(29-27)23-10-8-7-9-11-23/h7-15,21,24,32H,6,16-20H2,1-5H3/t24-/m0/s1. The van der Waals surface area contributed by atoms with Crippen LogP contribution < -0.4 is 4.74 Å². The minimum absolute atomic E-state index is 0.0717. The first-order chi connectivity index (χ1) is 16.9. The number of hydrogen-bond donors (Lipinski definition) is 1. The molecule has 3 aromatic rings. The molecule has 0 aliphatic carbocycles. The van der Waals surface area contributed by atoms with Crippen molar-refractivity contribution in [2.45, 2.75) is 52.9 Å². The van der Waals surface area contributed by atoms with E-state index in [9.17, 15) is 5.11 Å². The van der Waals surface area contributed by atoms with Crippen LogP contribution in [0.1, 0.15) is 37.6 Å². The highest BCUT2D eigenvalue weighted by Gasteiger charge is 2.24. The van der Waals surface area contributed by atoms with E-state index in [2.05, 4.69) is 18.7 Å². The van der Waals surface area contributed by atoms with Crippen LogP contribution in [-0.4, -0.2) is 65.4 Å². The molecule has 1 aromatic heterocycles. The fourth-order valence-electron chi connectivity index (χ4n) is 3.82. The molecule has 0 radical (unpaired) electrons. The predicted molar refractivity (Wildman–Crippen MR) is 138 cm³/mol. The second-order valence-electron chi connectivity index (χ2n) is 9.01. The Bertz CT molecular complexity index is 1020. The number of para-hydroxylation sites is 1. The molecule has 7 heteroatoms. The van der Waals surface area contributed by atoms with Crippen molar-refractivity contribution in [1.82, 2.24) is 14.7 Å². The molecule has 0 bridgehead atoms. The van der Waals surface area contributed by atoms with Crippen molar-refractivity contribution in [3.8, 4) is 17.3 Å². The number of methoxy groups -OCH3 is 1. The summed E-state index contributed by atoms with van der Waals surface area (Å²) in [6, 6.07) is 18.0. The summed E-state index contributed by atoms with van der Waals surface area (Å²) >= 11 is 0. The minimum Gasteiger partial charge on any atom is -0.439 e. The summed E-state index contributed by atoms with van der Waals surface area (Å²) < 4.78 is 19.3. The molecule has 0 spiro atoms. The lowest BCUT2D eigenvalue weighted by molar-refractivity contribution is -0.0122. The average Bonchev–Trinajstić information content (AvgIpc) is 3.20. The lowest BCUT2D eigenvalue weighted by Crippen LogP contribution is -2.37. The molecule has 0 amide bonds. The van der Waals surface area contributed by atoms with Crippen molar-refractivity contribution >= 4 is 0 Å². The number of benzene rings is 2. The molecule has 0 saturated carbocycles. The number of ether oxygens (including phenoxy) is 3. The van der Waals surface area contributed by atoms with E-state index in [1.54, 1.807) is 7.11 Å². The molecule has 0 unspecified atom stereocenters.